The third-order valence-corrected chi connectivity index (χ3v) is 4.20. The number of hydrogen-bond acceptors (Lipinski definition) is 0. The van der Waals surface area contributed by atoms with Gasteiger partial charge in [-0.15, -0.1) is 0 Å². The maximum atomic E-state index is 12.9. The highest BCUT2D eigenvalue weighted by Crippen LogP contribution is 2.26. The van der Waals surface area contributed by atoms with Crippen LogP contribution in [0.3, 0.4) is 0 Å². The van der Waals surface area contributed by atoms with Crippen molar-refractivity contribution in [2.24, 2.45) is 0 Å². The van der Waals surface area contributed by atoms with Crippen LogP contribution in [-0.4, -0.2) is 8.74 Å². The van der Waals surface area contributed by atoms with Crippen LogP contribution >= 0.6 is 0 Å². The van der Waals surface area contributed by atoms with E-state index < -0.39 is 14.6 Å². The van der Waals surface area contributed by atoms with Gasteiger partial charge in [-0.1, -0.05) is 13.3 Å². The molecule has 0 aromatic carbocycles. The summed E-state index contributed by atoms with van der Waals surface area (Å²) >= 11 is 0. The molecule has 0 aromatic heterocycles. The average Bonchev–Trinajstić information content (AvgIpc) is 1.86. The molecule has 0 amide bonds. The molecule has 0 atom stereocenters. The Kier molecular flexibility index (Phi) is 3.86. The van der Waals surface area contributed by atoms with Crippen molar-refractivity contribution in [3.63, 3.8) is 0 Å². The zero-order valence-corrected chi connectivity index (χ0v) is 8.05. The zero-order valence-electron chi connectivity index (χ0n) is 7.05. The second-order valence-electron chi connectivity index (χ2n) is 2.61. The monoisotopic (exact) mass is 182 g/mol. The Balaban J connectivity index is 4.42. The van der Waals surface area contributed by atoms with E-state index in [0.717, 1.165) is 6.92 Å². The van der Waals surface area contributed by atoms with E-state index in [1.54, 1.807) is 6.92 Å². The second kappa shape index (κ2) is 3.95. The fourth-order valence-electron chi connectivity index (χ4n) is 0.753. The van der Waals surface area contributed by atoms with E-state index in [4.69, 9.17) is 0 Å². The van der Waals surface area contributed by atoms with Crippen LogP contribution in [0, 0.1) is 0 Å². The Hall–Kier alpha value is -0.253. The minimum atomic E-state index is -4.37. The largest absolute Gasteiger partial charge is 0.453 e. The van der Waals surface area contributed by atoms with Crippen LogP contribution in [0.5, 0.6) is 0 Å². The van der Waals surface area contributed by atoms with Gasteiger partial charge in [-0.05, 0) is 13.8 Å². The highest BCUT2D eigenvalue weighted by Gasteiger charge is 2.37. The van der Waals surface area contributed by atoms with Gasteiger partial charge in [0.15, 0.2) is 0 Å². The van der Waals surface area contributed by atoms with Crippen LogP contribution < -0.4 is 0 Å². The molecule has 0 radical (unpaired) electrons. The Bertz CT molecular complexity index is 159. The molecule has 0 rings (SSSR count). The summed E-state index contributed by atoms with van der Waals surface area (Å²) in [6, 6.07) is -0.139. The molecule has 0 nitrogen and oxygen atoms in total. The molecule has 0 bridgehead atoms. The predicted octanol–water partition coefficient (Wildman–Crippen LogP) is 3.58. The molecular formula is C7H13F3Si. The van der Waals surface area contributed by atoms with Crippen molar-refractivity contribution in [1.82, 2.24) is 0 Å². The molecule has 0 aliphatic heterocycles. The Morgan fingerprint density at radius 1 is 1.27 bits per heavy atom. The normalized spacial score (nSPS) is 14.7. The van der Waals surface area contributed by atoms with E-state index >= 15 is 0 Å². The van der Waals surface area contributed by atoms with Gasteiger partial charge in [0.2, 0.25) is 0 Å². The quantitative estimate of drug-likeness (QED) is 0.462. The minimum Gasteiger partial charge on any atom is -0.265 e. The summed E-state index contributed by atoms with van der Waals surface area (Å²) in [6.07, 6.45) is 0.420. The van der Waals surface area contributed by atoms with Crippen molar-refractivity contribution in [2.45, 2.75) is 33.2 Å². The predicted molar refractivity (Wildman–Crippen MR) is 42.6 cm³/mol. The number of halogens is 3. The maximum absolute atomic E-state index is 12.9. The van der Waals surface area contributed by atoms with Crippen LogP contribution in [0.4, 0.5) is 12.6 Å². The molecule has 0 heterocycles. The first-order valence-electron chi connectivity index (χ1n) is 3.63. The summed E-state index contributed by atoms with van der Waals surface area (Å²) < 4.78 is 38.2. The summed E-state index contributed by atoms with van der Waals surface area (Å²) in [6.45, 7) is 3.96. The van der Waals surface area contributed by atoms with Crippen molar-refractivity contribution < 1.29 is 12.6 Å². The maximum Gasteiger partial charge on any atom is 0.453 e. The number of hydrogen-bond donors (Lipinski definition) is 0. The van der Waals surface area contributed by atoms with Crippen LogP contribution in [0.15, 0.2) is 11.0 Å². The molecule has 0 saturated carbocycles. The van der Waals surface area contributed by atoms with Crippen LogP contribution in [0.1, 0.15) is 27.2 Å². The molecule has 0 saturated heterocycles. The molecule has 0 aliphatic carbocycles. The first kappa shape index (κ1) is 10.7. The molecule has 0 N–H and O–H groups in total. The molecule has 0 spiro atoms. The molecule has 11 heavy (non-hydrogen) atoms. The topological polar surface area (TPSA) is 0 Å². The fourth-order valence-corrected chi connectivity index (χ4v) is 2.26. The lowest BCUT2D eigenvalue weighted by Gasteiger charge is -2.11. The van der Waals surface area contributed by atoms with Gasteiger partial charge in [0.05, 0.1) is 5.83 Å². The molecule has 4 heteroatoms. The third kappa shape index (κ3) is 3.10. The smallest absolute Gasteiger partial charge is 0.265 e. The Morgan fingerprint density at radius 2 is 1.73 bits per heavy atom. The lowest BCUT2D eigenvalue weighted by molar-refractivity contribution is 0.581. The molecule has 0 unspecified atom stereocenters. The number of rotatable bonds is 3. The summed E-state index contributed by atoms with van der Waals surface area (Å²) in [7, 11) is -4.37. The summed E-state index contributed by atoms with van der Waals surface area (Å²) in [4.78, 5) is 0. The van der Waals surface area contributed by atoms with Crippen LogP contribution in [0.2, 0.25) is 6.04 Å². The summed E-state index contributed by atoms with van der Waals surface area (Å²) in [5, 5.41) is -0.306. The van der Waals surface area contributed by atoms with Crippen molar-refractivity contribution >= 4 is 8.74 Å². The molecule has 66 valence electrons. The van der Waals surface area contributed by atoms with Gasteiger partial charge in [-0.3, -0.25) is 8.22 Å². The van der Waals surface area contributed by atoms with E-state index in [1.807, 2.05) is 0 Å². The number of allylic oxidation sites excluding steroid dienone is 2. The van der Waals surface area contributed by atoms with Gasteiger partial charge in [-0.2, -0.15) is 0 Å². The summed E-state index contributed by atoms with van der Waals surface area (Å²) in [5.74, 6) is -0.713. The van der Waals surface area contributed by atoms with E-state index in [2.05, 4.69) is 0 Å². The van der Waals surface area contributed by atoms with E-state index in [1.165, 1.54) is 6.92 Å². The van der Waals surface area contributed by atoms with E-state index in [0.29, 0.717) is 6.42 Å². The standard InChI is InChI=1S/C7H13F3Si/c1-4-5-11(9,10)7(3)6(2)8/h4-5H2,1-3H3. The van der Waals surface area contributed by atoms with E-state index in [9.17, 15) is 12.6 Å². The van der Waals surface area contributed by atoms with Crippen molar-refractivity contribution in [3.05, 3.63) is 11.0 Å². The third-order valence-electron chi connectivity index (χ3n) is 1.63. The van der Waals surface area contributed by atoms with Gasteiger partial charge in [0.1, 0.15) is 0 Å². The highest BCUT2D eigenvalue weighted by atomic mass is 28.4. The zero-order chi connectivity index (χ0) is 9.07. The van der Waals surface area contributed by atoms with Crippen molar-refractivity contribution in [3.8, 4) is 0 Å². The molecule has 0 aliphatic rings. The second-order valence-corrected chi connectivity index (χ2v) is 5.27. The van der Waals surface area contributed by atoms with Crippen molar-refractivity contribution in [1.29, 1.82) is 0 Å². The van der Waals surface area contributed by atoms with Gasteiger partial charge < -0.3 is 0 Å². The first-order valence-corrected chi connectivity index (χ1v) is 5.59. The van der Waals surface area contributed by atoms with Gasteiger partial charge >= 0.3 is 8.74 Å². The highest BCUT2D eigenvalue weighted by molar-refractivity contribution is 6.73. The first-order chi connectivity index (χ1) is 4.91. The van der Waals surface area contributed by atoms with E-state index in [-0.39, 0.29) is 11.2 Å². The molecule has 0 aromatic rings. The minimum absolute atomic E-state index is 0.139. The lowest BCUT2D eigenvalue weighted by Crippen LogP contribution is -2.24. The SMILES string of the molecule is CCC[Si](F)(F)C(C)=C(C)F. The van der Waals surface area contributed by atoms with Crippen LogP contribution in [0.25, 0.3) is 0 Å². The average molecular weight is 182 g/mol. The van der Waals surface area contributed by atoms with Gasteiger partial charge in [0, 0.05) is 11.2 Å². The fraction of sp³-hybridized carbons (Fsp3) is 0.714. The van der Waals surface area contributed by atoms with Gasteiger partial charge in [-0.25, -0.2) is 4.39 Å². The Morgan fingerprint density at radius 3 is 2.00 bits per heavy atom. The van der Waals surface area contributed by atoms with Gasteiger partial charge in [0.25, 0.3) is 0 Å². The summed E-state index contributed by atoms with van der Waals surface area (Å²) in [5.41, 5.74) is 0. The molecular weight excluding hydrogens is 169 g/mol. The Labute approximate surface area is 66.5 Å². The van der Waals surface area contributed by atoms with Crippen LogP contribution in [-0.2, 0) is 0 Å². The van der Waals surface area contributed by atoms with Crippen molar-refractivity contribution in [2.75, 3.05) is 0 Å². The molecule has 0 fully saturated rings. The lowest BCUT2D eigenvalue weighted by atomic mass is 10.5.